The molecule has 0 fully saturated rings. The number of hydrogen-bond donors (Lipinski definition) is 2. The van der Waals surface area contributed by atoms with E-state index < -0.39 is 6.09 Å². The van der Waals surface area contributed by atoms with Crippen LogP contribution in [0.25, 0.3) is 0 Å². The summed E-state index contributed by atoms with van der Waals surface area (Å²) in [5, 5.41) is 5.38. The molecule has 2 N–H and O–H groups in total. The van der Waals surface area contributed by atoms with Crippen molar-refractivity contribution in [2.45, 2.75) is 13.0 Å². The summed E-state index contributed by atoms with van der Waals surface area (Å²) in [5.74, 6) is 0. The average molecular weight is 172 g/mol. The monoisotopic (exact) mass is 172 g/mol. The third-order valence-electron chi connectivity index (χ3n) is 1.39. The standard InChI is InChI=1S/C8H16N2O2/c1-7(9-2)5-4-6-12-8(11)10-3/h4-5,7,9H,6H2,1-3H3,(H,10,11)/b5-4+. The van der Waals surface area contributed by atoms with Gasteiger partial charge in [-0.3, -0.25) is 0 Å². The van der Waals surface area contributed by atoms with Gasteiger partial charge in [0.15, 0.2) is 0 Å². The van der Waals surface area contributed by atoms with E-state index in [4.69, 9.17) is 4.74 Å². The lowest BCUT2D eigenvalue weighted by Crippen LogP contribution is -2.20. The molecule has 0 bridgehead atoms. The topological polar surface area (TPSA) is 50.4 Å². The van der Waals surface area contributed by atoms with Gasteiger partial charge in [-0.15, -0.1) is 0 Å². The SMILES string of the molecule is CNC(=O)OC/C=C/C(C)NC. The molecule has 1 unspecified atom stereocenters. The second-order valence-electron chi connectivity index (χ2n) is 2.35. The van der Waals surface area contributed by atoms with Gasteiger partial charge in [-0.05, 0) is 20.0 Å². The van der Waals surface area contributed by atoms with E-state index in [1.165, 1.54) is 7.05 Å². The van der Waals surface area contributed by atoms with Crippen molar-refractivity contribution in [1.82, 2.24) is 10.6 Å². The highest BCUT2D eigenvalue weighted by Crippen LogP contribution is 1.84. The summed E-state index contributed by atoms with van der Waals surface area (Å²) in [6.45, 7) is 2.32. The van der Waals surface area contributed by atoms with E-state index in [0.29, 0.717) is 12.6 Å². The molecule has 70 valence electrons. The fourth-order valence-electron chi connectivity index (χ4n) is 0.552. The fraction of sp³-hybridized carbons (Fsp3) is 0.625. The van der Waals surface area contributed by atoms with Crippen molar-refractivity contribution in [1.29, 1.82) is 0 Å². The summed E-state index contributed by atoms with van der Waals surface area (Å²) < 4.78 is 4.72. The molecule has 0 heterocycles. The van der Waals surface area contributed by atoms with Crippen LogP contribution in [0.15, 0.2) is 12.2 Å². The highest BCUT2D eigenvalue weighted by Gasteiger charge is 1.93. The zero-order chi connectivity index (χ0) is 9.40. The van der Waals surface area contributed by atoms with Gasteiger partial charge < -0.3 is 15.4 Å². The summed E-state index contributed by atoms with van der Waals surface area (Å²) in [5.41, 5.74) is 0. The van der Waals surface area contributed by atoms with Gasteiger partial charge in [-0.25, -0.2) is 4.79 Å². The molecule has 0 saturated heterocycles. The van der Waals surface area contributed by atoms with Gasteiger partial charge in [0.1, 0.15) is 6.61 Å². The first-order valence-electron chi connectivity index (χ1n) is 3.89. The zero-order valence-electron chi connectivity index (χ0n) is 7.76. The predicted molar refractivity (Wildman–Crippen MR) is 48.1 cm³/mol. The summed E-state index contributed by atoms with van der Waals surface area (Å²) in [6, 6.07) is 0.304. The van der Waals surface area contributed by atoms with Crippen LogP contribution in [0, 0.1) is 0 Å². The van der Waals surface area contributed by atoms with Crippen LogP contribution in [0.2, 0.25) is 0 Å². The summed E-state index contributed by atoms with van der Waals surface area (Å²) in [4.78, 5) is 10.5. The van der Waals surface area contributed by atoms with Crippen molar-refractivity contribution in [2.24, 2.45) is 0 Å². The maximum Gasteiger partial charge on any atom is 0.407 e. The van der Waals surface area contributed by atoms with Gasteiger partial charge in [0.2, 0.25) is 0 Å². The van der Waals surface area contributed by atoms with Gasteiger partial charge in [-0.2, -0.15) is 0 Å². The minimum Gasteiger partial charge on any atom is -0.445 e. The Kier molecular flexibility index (Phi) is 6.09. The van der Waals surface area contributed by atoms with E-state index in [2.05, 4.69) is 10.6 Å². The van der Waals surface area contributed by atoms with Crippen molar-refractivity contribution in [3.05, 3.63) is 12.2 Å². The first-order valence-corrected chi connectivity index (χ1v) is 3.89. The van der Waals surface area contributed by atoms with E-state index >= 15 is 0 Å². The number of amides is 1. The molecule has 0 aliphatic heterocycles. The average Bonchev–Trinajstić information content (AvgIpc) is 2.11. The van der Waals surface area contributed by atoms with E-state index in [9.17, 15) is 4.79 Å². The smallest absolute Gasteiger partial charge is 0.407 e. The third kappa shape index (κ3) is 5.73. The molecule has 12 heavy (non-hydrogen) atoms. The molecule has 1 atom stereocenters. The summed E-state index contributed by atoms with van der Waals surface area (Å²) in [6.07, 6.45) is 3.33. The number of likely N-dealkylation sites (N-methyl/N-ethyl adjacent to an activating group) is 1. The summed E-state index contributed by atoms with van der Waals surface area (Å²) >= 11 is 0. The minimum atomic E-state index is -0.406. The van der Waals surface area contributed by atoms with E-state index in [1.807, 2.05) is 20.0 Å². The van der Waals surface area contributed by atoms with E-state index in [0.717, 1.165) is 0 Å². The number of carbonyl (C=O) groups excluding carboxylic acids is 1. The highest BCUT2D eigenvalue weighted by molar-refractivity contribution is 5.66. The Morgan fingerprint density at radius 2 is 2.25 bits per heavy atom. The van der Waals surface area contributed by atoms with Gasteiger partial charge in [0.05, 0.1) is 0 Å². The van der Waals surface area contributed by atoms with E-state index in [-0.39, 0.29) is 0 Å². The molecule has 0 aromatic rings. The molecule has 0 aromatic carbocycles. The Balaban J connectivity index is 3.42. The molecule has 0 aromatic heterocycles. The van der Waals surface area contributed by atoms with Crippen LogP contribution in [0.5, 0.6) is 0 Å². The number of rotatable bonds is 4. The second kappa shape index (κ2) is 6.67. The zero-order valence-corrected chi connectivity index (χ0v) is 7.76. The predicted octanol–water partition coefficient (Wildman–Crippen LogP) is 0.506. The Labute approximate surface area is 73.0 Å². The Morgan fingerprint density at radius 3 is 2.75 bits per heavy atom. The number of alkyl carbamates (subject to hydrolysis) is 1. The van der Waals surface area contributed by atoms with Crippen molar-refractivity contribution >= 4 is 6.09 Å². The Morgan fingerprint density at radius 1 is 1.58 bits per heavy atom. The lowest BCUT2D eigenvalue weighted by atomic mass is 10.3. The quantitative estimate of drug-likeness (QED) is 0.607. The van der Waals surface area contributed by atoms with Crippen LogP contribution in [-0.4, -0.2) is 32.8 Å². The number of ether oxygens (including phenoxy) is 1. The van der Waals surface area contributed by atoms with Crippen molar-refractivity contribution < 1.29 is 9.53 Å². The Hall–Kier alpha value is -1.03. The molecule has 0 saturated carbocycles. The Bertz CT molecular complexity index is 157. The maximum atomic E-state index is 10.5. The molecule has 0 radical (unpaired) electrons. The first-order chi connectivity index (χ1) is 5.70. The highest BCUT2D eigenvalue weighted by atomic mass is 16.5. The third-order valence-corrected chi connectivity index (χ3v) is 1.39. The van der Waals surface area contributed by atoms with Gasteiger partial charge >= 0.3 is 6.09 Å². The molecule has 0 aliphatic rings. The molecular formula is C8H16N2O2. The second-order valence-corrected chi connectivity index (χ2v) is 2.35. The van der Waals surface area contributed by atoms with Crippen LogP contribution in [0.3, 0.4) is 0 Å². The normalized spacial score (nSPS) is 12.9. The molecule has 0 rings (SSSR count). The van der Waals surface area contributed by atoms with Gasteiger partial charge in [-0.1, -0.05) is 6.08 Å². The van der Waals surface area contributed by atoms with Gasteiger partial charge in [0.25, 0.3) is 0 Å². The molecule has 4 heteroatoms. The van der Waals surface area contributed by atoms with Crippen LogP contribution in [0.4, 0.5) is 4.79 Å². The number of carbonyl (C=O) groups is 1. The largest absolute Gasteiger partial charge is 0.445 e. The van der Waals surface area contributed by atoms with Crippen LogP contribution >= 0.6 is 0 Å². The molecule has 4 nitrogen and oxygen atoms in total. The van der Waals surface area contributed by atoms with Gasteiger partial charge in [0, 0.05) is 13.1 Å². The lowest BCUT2D eigenvalue weighted by molar-refractivity contribution is 0.160. The van der Waals surface area contributed by atoms with Crippen LogP contribution in [0.1, 0.15) is 6.92 Å². The number of nitrogens with one attached hydrogen (secondary N) is 2. The van der Waals surface area contributed by atoms with Crippen molar-refractivity contribution in [3.63, 3.8) is 0 Å². The van der Waals surface area contributed by atoms with Crippen LogP contribution < -0.4 is 10.6 Å². The lowest BCUT2D eigenvalue weighted by Gasteiger charge is -2.02. The number of hydrogen-bond acceptors (Lipinski definition) is 3. The first kappa shape index (κ1) is 11.0. The maximum absolute atomic E-state index is 10.5. The van der Waals surface area contributed by atoms with Crippen molar-refractivity contribution in [2.75, 3.05) is 20.7 Å². The van der Waals surface area contributed by atoms with Crippen LogP contribution in [-0.2, 0) is 4.74 Å². The summed E-state index contributed by atoms with van der Waals surface area (Å²) in [7, 11) is 3.40. The fourth-order valence-corrected chi connectivity index (χ4v) is 0.552. The minimum absolute atomic E-state index is 0.304. The van der Waals surface area contributed by atoms with E-state index in [1.54, 1.807) is 6.08 Å². The molecule has 0 aliphatic carbocycles. The molecular weight excluding hydrogens is 156 g/mol. The molecule has 0 spiro atoms. The molecule has 1 amide bonds. The van der Waals surface area contributed by atoms with Crippen molar-refractivity contribution in [3.8, 4) is 0 Å².